The third-order valence-electron chi connectivity index (χ3n) is 2.69. The van der Waals surface area contributed by atoms with E-state index in [2.05, 4.69) is 15.9 Å². The molecule has 0 amide bonds. The van der Waals surface area contributed by atoms with Gasteiger partial charge in [0.25, 0.3) is 0 Å². The predicted molar refractivity (Wildman–Crippen MR) is 73.4 cm³/mol. The number of hydrogen-bond donors (Lipinski definition) is 0. The summed E-state index contributed by atoms with van der Waals surface area (Å²) in [5.41, 5.74) is 0.733. The normalized spacial score (nSPS) is 10.8. The molecule has 19 heavy (non-hydrogen) atoms. The first-order valence-corrected chi connectivity index (χ1v) is 6.23. The molecule has 0 aliphatic carbocycles. The predicted octanol–water partition coefficient (Wildman–Crippen LogP) is -0.640. The van der Waals surface area contributed by atoms with Crippen LogP contribution in [0.2, 0.25) is 0 Å². The summed E-state index contributed by atoms with van der Waals surface area (Å²) < 4.78 is 2.89. The van der Waals surface area contributed by atoms with Gasteiger partial charge in [-0.2, -0.15) is 4.57 Å². The molecule has 0 radical (unpaired) electrons. The van der Waals surface area contributed by atoms with Crippen LogP contribution >= 0.6 is 15.9 Å². The fourth-order valence-electron chi connectivity index (χ4n) is 1.66. The topological polar surface area (TPSA) is 52.5 Å². The van der Waals surface area contributed by atoms with Crippen LogP contribution in [0.1, 0.15) is 23.3 Å². The largest absolute Gasteiger partial charge is 1.00 e. The molecule has 0 fully saturated rings. The highest BCUT2D eigenvalue weighted by atomic mass is 79.9. The zero-order valence-corrected chi connectivity index (χ0v) is 13.6. The Morgan fingerprint density at radius 3 is 2.16 bits per heavy atom. The van der Waals surface area contributed by atoms with E-state index in [4.69, 9.17) is 0 Å². The lowest BCUT2D eigenvalue weighted by Crippen LogP contribution is -3.00. The van der Waals surface area contributed by atoms with Gasteiger partial charge in [0.1, 0.15) is 0 Å². The summed E-state index contributed by atoms with van der Waals surface area (Å²) in [4.78, 5) is 12.2. The number of halogens is 2. The number of hydrogen-bond acceptors (Lipinski definition) is 1. The van der Waals surface area contributed by atoms with Crippen LogP contribution in [0.4, 0.5) is 0 Å². The van der Waals surface area contributed by atoms with Crippen LogP contribution in [0, 0.1) is 0 Å². The van der Waals surface area contributed by atoms with Crippen molar-refractivity contribution < 1.29 is 31.8 Å². The molecule has 1 aromatic heterocycles. The zero-order valence-electron chi connectivity index (χ0n) is 10.4. The Morgan fingerprint density at radius 1 is 1.11 bits per heavy atom. The van der Waals surface area contributed by atoms with Crippen molar-refractivity contribution in [2.24, 2.45) is 0 Å². The molecule has 0 aliphatic rings. The zero-order chi connectivity index (χ0) is 12.3. The molecule has 0 aliphatic heterocycles. The van der Waals surface area contributed by atoms with Gasteiger partial charge in [-0.25, -0.2) is 0 Å². The lowest BCUT2D eigenvalue weighted by atomic mass is 10.1. The second-order valence-electron chi connectivity index (χ2n) is 3.87. The summed E-state index contributed by atoms with van der Waals surface area (Å²) in [6.07, 6.45) is 3.81. The first kappa shape index (κ1) is 18.0. The molecule has 5 heteroatoms. The molecule has 3 nitrogen and oxygen atoms in total. The molecule has 2 aromatic rings. The van der Waals surface area contributed by atoms with Crippen molar-refractivity contribution in [3.63, 3.8) is 0 Å². The van der Waals surface area contributed by atoms with Gasteiger partial charge in [-0.3, -0.25) is 4.79 Å². The Kier molecular flexibility index (Phi) is 7.75. The highest BCUT2D eigenvalue weighted by Gasteiger charge is 2.22. The van der Waals surface area contributed by atoms with Crippen molar-refractivity contribution in [1.29, 1.82) is 0 Å². The van der Waals surface area contributed by atoms with E-state index in [9.17, 15) is 4.79 Å². The van der Waals surface area contributed by atoms with Gasteiger partial charge < -0.3 is 22.5 Å². The van der Waals surface area contributed by atoms with Gasteiger partial charge in [0, 0.05) is 29.1 Å². The molecule has 0 spiro atoms. The van der Waals surface area contributed by atoms with Crippen molar-refractivity contribution in [1.82, 2.24) is 0 Å². The minimum Gasteiger partial charge on any atom is -1.00 e. The Balaban J connectivity index is 0.00000162. The number of pyridine rings is 1. The van der Waals surface area contributed by atoms with Crippen LogP contribution in [0.3, 0.4) is 0 Å². The number of Topliss-reactive ketones (excluding diaryl/α,β-unsaturated/α-hetero) is 1. The minimum absolute atomic E-state index is 0. The molecule has 1 atom stereocenters. The number of aromatic nitrogens is 1. The Labute approximate surface area is 131 Å². The van der Waals surface area contributed by atoms with Crippen molar-refractivity contribution >= 4 is 21.7 Å². The molecule has 1 aromatic carbocycles. The lowest BCUT2D eigenvalue weighted by Gasteiger charge is -2.06. The number of nitrogens with zero attached hydrogens (tertiary/aromatic N) is 1. The van der Waals surface area contributed by atoms with Crippen LogP contribution < -0.4 is 21.5 Å². The maximum Gasteiger partial charge on any atom is 0.230 e. The number of benzene rings is 1. The van der Waals surface area contributed by atoms with Crippen molar-refractivity contribution in [3.05, 3.63) is 64.9 Å². The second-order valence-corrected chi connectivity index (χ2v) is 4.79. The fraction of sp³-hybridized carbons (Fsp3) is 0.143. The molecular weight excluding hydrogens is 374 g/mol. The summed E-state index contributed by atoms with van der Waals surface area (Å²) >= 11 is 3.36. The second kappa shape index (κ2) is 8.19. The van der Waals surface area contributed by atoms with Gasteiger partial charge in [0.2, 0.25) is 11.8 Å². The Bertz CT molecular complexity index is 515. The van der Waals surface area contributed by atoms with E-state index in [0.29, 0.717) is 0 Å². The van der Waals surface area contributed by atoms with E-state index in [1.807, 2.05) is 66.3 Å². The molecule has 0 bridgehead atoms. The van der Waals surface area contributed by atoms with E-state index in [1.165, 1.54) is 0 Å². The first-order valence-electron chi connectivity index (χ1n) is 5.44. The lowest BCUT2D eigenvalue weighted by molar-refractivity contribution is -0.704. The molecule has 2 rings (SSSR count). The summed E-state index contributed by atoms with van der Waals surface area (Å²) in [6.45, 7) is 1.91. The van der Waals surface area contributed by atoms with E-state index < -0.39 is 0 Å². The van der Waals surface area contributed by atoms with Crippen LogP contribution in [-0.2, 0) is 0 Å². The maximum atomic E-state index is 12.2. The van der Waals surface area contributed by atoms with Gasteiger partial charge in [0.05, 0.1) is 0 Å². The van der Waals surface area contributed by atoms with Crippen molar-refractivity contribution in [2.75, 3.05) is 0 Å². The third kappa shape index (κ3) is 4.53. The van der Waals surface area contributed by atoms with Gasteiger partial charge in [-0.1, -0.05) is 34.1 Å². The summed E-state index contributed by atoms with van der Waals surface area (Å²) in [5, 5.41) is 0. The number of carbonyl (C=O) groups is 1. The number of carbonyl (C=O) groups excluding carboxylic acids is 1. The number of rotatable bonds is 3. The molecule has 0 saturated carbocycles. The van der Waals surface area contributed by atoms with Crippen LogP contribution in [0.25, 0.3) is 0 Å². The van der Waals surface area contributed by atoms with Crippen LogP contribution in [0.15, 0.2) is 59.3 Å². The quantitative estimate of drug-likeness (QED) is 0.509. The SMILES string of the molecule is CC(C(=O)c1ccc(Br)cc1)[n+]1ccccc1.O.[Br-]. The van der Waals surface area contributed by atoms with Crippen LogP contribution in [0.5, 0.6) is 0 Å². The van der Waals surface area contributed by atoms with Gasteiger partial charge in [-0.05, 0) is 12.1 Å². The molecule has 1 heterocycles. The smallest absolute Gasteiger partial charge is 0.230 e. The van der Waals surface area contributed by atoms with E-state index >= 15 is 0 Å². The van der Waals surface area contributed by atoms with Gasteiger partial charge >= 0.3 is 0 Å². The standard InChI is InChI=1S/C14H13BrNO.BrH.H2O/c1-11(16-9-3-2-4-10-16)14(17)12-5-7-13(15)8-6-12;;/h2-11H,1H3;1H;1H2/q+1;;/p-1. The average Bonchev–Trinajstić information content (AvgIpc) is 2.39. The van der Waals surface area contributed by atoms with Gasteiger partial charge in [0.15, 0.2) is 12.4 Å². The van der Waals surface area contributed by atoms with Crippen LogP contribution in [-0.4, -0.2) is 11.3 Å². The minimum atomic E-state index is -0.183. The maximum absolute atomic E-state index is 12.2. The van der Waals surface area contributed by atoms with Crippen molar-refractivity contribution in [3.8, 4) is 0 Å². The van der Waals surface area contributed by atoms with E-state index in [-0.39, 0.29) is 34.3 Å². The monoisotopic (exact) mass is 387 g/mol. The molecular formula is C14H15Br2NO2. The molecule has 2 N–H and O–H groups in total. The summed E-state index contributed by atoms with van der Waals surface area (Å²) in [5.74, 6) is 0.119. The molecule has 102 valence electrons. The Hall–Kier alpha value is -1.04. The third-order valence-corrected chi connectivity index (χ3v) is 3.22. The fourth-order valence-corrected chi connectivity index (χ4v) is 1.93. The summed E-state index contributed by atoms with van der Waals surface area (Å²) in [6, 6.07) is 13.0. The molecule has 0 saturated heterocycles. The van der Waals surface area contributed by atoms with E-state index in [1.54, 1.807) is 0 Å². The average molecular weight is 389 g/mol. The summed E-state index contributed by atoms with van der Waals surface area (Å²) in [7, 11) is 0. The molecule has 1 unspecified atom stereocenters. The highest BCUT2D eigenvalue weighted by molar-refractivity contribution is 9.10. The first-order chi connectivity index (χ1) is 8.18. The number of ketones is 1. The highest BCUT2D eigenvalue weighted by Crippen LogP contribution is 2.13. The Morgan fingerprint density at radius 2 is 1.63 bits per heavy atom. The van der Waals surface area contributed by atoms with E-state index in [0.717, 1.165) is 10.0 Å². The van der Waals surface area contributed by atoms with Crippen molar-refractivity contribution in [2.45, 2.75) is 13.0 Å². The van der Waals surface area contributed by atoms with Gasteiger partial charge in [-0.15, -0.1) is 0 Å².